The number of thiol groups is 1. The molecule has 0 unspecified atom stereocenters. The highest BCUT2D eigenvalue weighted by atomic mass is 32.1. The molecule has 0 saturated heterocycles. The summed E-state index contributed by atoms with van der Waals surface area (Å²) >= 11 is 4.09. The molecule has 8 N–H and O–H groups in total. The van der Waals surface area contributed by atoms with Gasteiger partial charge in [-0.1, -0.05) is 42.5 Å². The molecular formula is C23H29N5O5S. The Kier molecular flexibility index (Phi) is 10.4. The van der Waals surface area contributed by atoms with Crippen molar-refractivity contribution in [1.82, 2.24) is 16.0 Å². The maximum absolute atomic E-state index is 12.6. The largest absolute Gasteiger partial charge is 0.508 e. The third-order valence-electron chi connectivity index (χ3n) is 4.93. The van der Waals surface area contributed by atoms with E-state index in [1.807, 2.05) is 6.07 Å². The molecule has 0 radical (unpaired) electrons. The first-order valence-electron chi connectivity index (χ1n) is 10.5. The van der Waals surface area contributed by atoms with Gasteiger partial charge in [0.15, 0.2) is 0 Å². The summed E-state index contributed by atoms with van der Waals surface area (Å²) in [6.45, 7) is -0.400. The predicted molar refractivity (Wildman–Crippen MR) is 130 cm³/mol. The van der Waals surface area contributed by atoms with Crippen LogP contribution in [0.25, 0.3) is 0 Å². The lowest BCUT2D eigenvalue weighted by Crippen LogP contribution is -2.55. The van der Waals surface area contributed by atoms with E-state index in [4.69, 9.17) is 11.5 Å². The van der Waals surface area contributed by atoms with Crippen molar-refractivity contribution < 1.29 is 24.3 Å². The fourth-order valence-corrected chi connectivity index (χ4v) is 3.32. The van der Waals surface area contributed by atoms with Crippen molar-refractivity contribution in [2.24, 2.45) is 11.5 Å². The van der Waals surface area contributed by atoms with Crippen molar-refractivity contribution in [3.8, 4) is 5.75 Å². The molecule has 3 atom stereocenters. The van der Waals surface area contributed by atoms with Crippen LogP contribution in [-0.2, 0) is 32.0 Å². The van der Waals surface area contributed by atoms with E-state index in [0.29, 0.717) is 0 Å². The standard InChI is InChI=1S/C23H29N5O5S/c24-17(10-15-6-8-16(29)9-7-15)22(32)26-12-20(30)27-19(13-34)23(33)28-18(21(25)31)11-14-4-2-1-3-5-14/h1-9,17-19,29,34H,10-13,24H2,(H2,25,31)(H,26,32)(H,27,30)(H,28,33)/t17-,18-,19-/m0/s1. The Morgan fingerprint density at radius 3 is 2.06 bits per heavy atom. The summed E-state index contributed by atoms with van der Waals surface area (Å²) < 4.78 is 0. The molecule has 0 fully saturated rings. The van der Waals surface area contributed by atoms with Crippen molar-refractivity contribution >= 4 is 36.3 Å². The smallest absolute Gasteiger partial charge is 0.244 e. The van der Waals surface area contributed by atoms with E-state index in [-0.39, 0.29) is 24.3 Å². The summed E-state index contributed by atoms with van der Waals surface area (Å²) in [7, 11) is 0. The minimum atomic E-state index is -1.05. The van der Waals surface area contributed by atoms with E-state index in [9.17, 15) is 24.3 Å². The van der Waals surface area contributed by atoms with Crippen LogP contribution >= 0.6 is 12.6 Å². The zero-order valence-electron chi connectivity index (χ0n) is 18.4. The number of aromatic hydroxyl groups is 1. The number of phenols is 1. The lowest BCUT2D eigenvalue weighted by Gasteiger charge is -2.21. The fraction of sp³-hybridized carbons (Fsp3) is 0.304. The quantitative estimate of drug-likeness (QED) is 0.189. The molecule has 0 aliphatic rings. The normalized spacial score (nSPS) is 13.2. The van der Waals surface area contributed by atoms with Gasteiger partial charge < -0.3 is 32.5 Å². The average molecular weight is 488 g/mol. The number of primary amides is 1. The van der Waals surface area contributed by atoms with Gasteiger partial charge in [-0.3, -0.25) is 19.2 Å². The second-order valence-corrected chi connectivity index (χ2v) is 8.02. The van der Waals surface area contributed by atoms with Gasteiger partial charge in [0, 0.05) is 12.2 Å². The maximum atomic E-state index is 12.6. The van der Waals surface area contributed by atoms with Gasteiger partial charge in [0.1, 0.15) is 17.8 Å². The van der Waals surface area contributed by atoms with E-state index < -0.39 is 48.3 Å². The van der Waals surface area contributed by atoms with Crippen molar-refractivity contribution in [3.05, 3.63) is 65.7 Å². The first-order chi connectivity index (χ1) is 16.2. The van der Waals surface area contributed by atoms with Crippen LogP contribution in [0.1, 0.15) is 11.1 Å². The predicted octanol–water partition coefficient (Wildman–Crippen LogP) is -0.994. The van der Waals surface area contributed by atoms with Crippen molar-refractivity contribution in [2.75, 3.05) is 12.3 Å². The van der Waals surface area contributed by atoms with Crippen molar-refractivity contribution in [1.29, 1.82) is 0 Å². The molecule has 0 aliphatic heterocycles. The number of nitrogens with two attached hydrogens (primary N) is 2. The van der Waals surface area contributed by atoms with Crippen molar-refractivity contribution in [3.63, 3.8) is 0 Å². The van der Waals surface area contributed by atoms with Gasteiger partial charge in [0.25, 0.3) is 0 Å². The Morgan fingerprint density at radius 2 is 1.47 bits per heavy atom. The Labute approximate surface area is 202 Å². The lowest BCUT2D eigenvalue weighted by molar-refractivity contribution is -0.131. The molecule has 0 aromatic heterocycles. The van der Waals surface area contributed by atoms with E-state index >= 15 is 0 Å². The van der Waals surface area contributed by atoms with Gasteiger partial charge in [-0.25, -0.2) is 0 Å². The van der Waals surface area contributed by atoms with E-state index in [1.165, 1.54) is 12.1 Å². The SMILES string of the molecule is NC(=O)[C@H](Cc1ccccc1)NC(=O)[C@H](CS)NC(=O)CNC(=O)[C@@H](N)Cc1ccc(O)cc1. The highest BCUT2D eigenvalue weighted by Crippen LogP contribution is 2.11. The van der Waals surface area contributed by atoms with Crippen LogP contribution in [0, 0.1) is 0 Å². The second-order valence-electron chi connectivity index (χ2n) is 7.65. The number of nitrogens with one attached hydrogen (secondary N) is 3. The molecule has 2 aromatic carbocycles. The molecule has 4 amide bonds. The number of hydrogen-bond donors (Lipinski definition) is 7. The van der Waals surface area contributed by atoms with Crippen LogP contribution in [0.4, 0.5) is 0 Å². The highest BCUT2D eigenvalue weighted by Gasteiger charge is 2.25. The van der Waals surface area contributed by atoms with Gasteiger partial charge in [0.2, 0.25) is 23.6 Å². The summed E-state index contributed by atoms with van der Waals surface area (Å²) in [5, 5.41) is 16.7. The third kappa shape index (κ3) is 8.75. The molecule has 2 rings (SSSR count). The van der Waals surface area contributed by atoms with E-state index in [1.54, 1.807) is 36.4 Å². The number of carbonyl (C=O) groups is 4. The topological polar surface area (TPSA) is 177 Å². The van der Waals surface area contributed by atoms with Crippen LogP contribution in [0.2, 0.25) is 0 Å². The summed E-state index contributed by atoms with van der Waals surface area (Å²) in [5.74, 6) is -2.45. The Balaban J connectivity index is 1.83. The summed E-state index contributed by atoms with van der Waals surface area (Å²) in [5.41, 5.74) is 12.8. The molecule has 182 valence electrons. The maximum Gasteiger partial charge on any atom is 0.244 e. The van der Waals surface area contributed by atoms with Crippen LogP contribution in [-0.4, -0.2) is 59.2 Å². The first kappa shape index (κ1) is 26.7. The number of phenolic OH excluding ortho intramolecular Hbond substituents is 1. The van der Waals surface area contributed by atoms with Crippen LogP contribution in [0.5, 0.6) is 5.75 Å². The molecule has 0 heterocycles. The minimum absolute atomic E-state index is 0.0390. The van der Waals surface area contributed by atoms with Gasteiger partial charge >= 0.3 is 0 Å². The molecule has 11 heteroatoms. The molecule has 34 heavy (non-hydrogen) atoms. The van der Waals surface area contributed by atoms with Gasteiger partial charge in [-0.15, -0.1) is 0 Å². The molecule has 0 aliphatic carbocycles. The lowest BCUT2D eigenvalue weighted by atomic mass is 10.1. The number of carbonyl (C=O) groups excluding carboxylic acids is 4. The summed E-state index contributed by atoms with van der Waals surface area (Å²) in [6, 6.07) is 12.4. The minimum Gasteiger partial charge on any atom is -0.508 e. The zero-order valence-corrected chi connectivity index (χ0v) is 19.3. The van der Waals surface area contributed by atoms with Crippen LogP contribution in [0.3, 0.4) is 0 Å². The Hall–Kier alpha value is -3.57. The van der Waals surface area contributed by atoms with E-state index in [0.717, 1.165) is 11.1 Å². The van der Waals surface area contributed by atoms with Gasteiger partial charge in [0.05, 0.1) is 12.6 Å². The van der Waals surface area contributed by atoms with Crippen LogP contribution < -0.4 is 27.4 Å². The fourth-order valence-electron chi connectivity index (χ4n) is 3.06. The average Bonchev–Trinajstić information content (AvgIpc) is 2.82. The molecule has 10 nitrogen and oxygen atoms in total. The van der Waals surface area contributed by atoms with Gasteiger partial charge in [-0.2, -0.15) is 12.6 Å². The third-order valence-corrected chi connectivity index (χ3v) is 5.29. The Morgan fingerprint density at radius 1 is 0.853 bits per heavy atom. The number of rotatable bonds is 12. The number of hydrogen-bond acceptors (Lipinski definition) is 7. The number of benzene rings is 2. The first-order valence-corrected chi connectivity index (χ1v) is 11.2. The zero-order chi connectivity index (χ0) is 25.1. The second kappa shape index (κ2) is 13.2. The van der Waals surface area contributed by atoms with Crippen molar-refractivity contribution in [2.45, 2.75) is 31.0 Å². The molecule has 0 bridgehead atoms. The molecule has 2 aromatic rings. The summed E-state index contributed by atoms with van der Waals surface area (Å²) in [6.07, 6.45) is 0.412. The van der Waals surface area contributed by atoms with E-state index in [2.05, 4.69) is 28.6 Å². The Bertz CT molecular complexity index is 987. The molecular weight excluding hydrogens is 458 g/mol. The van der Waals surface area contributed by atoms with Gasteiger partial charge in [-0.05, 0) is 29.7 Å². The monoisotopic (exact) mass is 487 g/mol. The molecule has 0 spiro atoms. The molecule has 0 saturated carbocycles. The highest BCUT2D eigenvalue weighted by molar-refractivity contribution is 7.80. The van der Waals surface area contributed by atoms with Crippen LogP contribution in [0.15, 0.2) is 54.6 Å². The number of amides is 4. The summed E-state index contributed by atoms with van der Waals surface area (Å²) in [4.78, 5) is 48.8.